The maximum atomic E-state index is 12.1. The zero-order valence-electron chi connectivity index (χ0n) is 4.55. The molecule has 0 aromatic rings. The van der Waals surface area contributed by atoms with Crippen molar-refractivity contribution in [3.05, 3.63) is 0 Å². The highest BCUT2D eigenvalue weighted by Gasteiger charge is 2.37. The van der Waals surface area contributed by atoms with E-state index in [1.54, 1.807) is 0 Å². The molecule has 2 atom stereocenters. The molecule has 0 saturated carbocycles. The molecule has 0 amide bonds. The first-order chi connectivity index (χ1) is 4.01. The Morgan fingerprint density at radius 1 is 1.11 bits per heavy atom. The van der Waals surface area contributed by atoms with Crippen LogP contribution < -0.4 is 0 Å². The van der Waals surface area contributed by atoms with Gasteiger partial charge in [0.15, 0.2) is 9.84 Å². The number of hydrogen-bond donors (Lipinski definition) is 0. The highest BCUT2D eigenvalue weighted by molar-refractivity contribution is 7.91. The molecule has 0 unspecified atom stereocenters. The topological polar surface area (TPSA) is 34.1 Å². The van der Waals surface area contributed by atoms with Crippen LogP contribution in [0.3, 0.4) is 0 Å². The lowest BCUT2D eigenvalue weighted by molar-refractivity contribution is 0.217. The highest BCUT2D eigenvalue weighted by Crippen LogP contribution is 2.17. The lowest BCUT2D eigenvalue weighted by Crippen LogP contribution is -2.12. The third kappa shape index (κ3) is 1.38. The van der Waals surface area contributed by atoms with Crippen molar-refractivity contribution in [2.45, 2.75) is 12.3 Å². The molecule has 0 bridgehead atoms. The van der Waals surface area contributed by atoms with Gasteiger partial charge in [-0.05, 0) is 0 Å². The van der Waals surface area contributed by atoms with E-state index in [-0.39, 0.29) is 0 Å². The molecule has 1 aliphatic heterocycles. The summed E-state index contributed by atoms with van der Waals surface area (Å²) in [4.78, 5) is 0. The number of alkyl halides is 2. The second-order valence-corrected chi connectivity index (χ2v) is 4.26. The molecule has 1 saturated heterocycles. The van der Waals surface area contributed by atoms with Gasteiger partial charge in [0.2, 0.25) is 0 Å². The number of hydrogen-bond acceptors (Lipinski definition) is 2. The molecular formula is C4H6F2O2S. The van der Waals surface area contributed by atoms with Gasteiger partial charge in [-0.25, -0.2) is 17.2 Å². The van der Waals surface area contributed by atoms with E-state index in [9.17, 15) is 17.2 Å². The van der Waals surface area contributed by atoms with Crippen molar-refractivity contribution in [1.29, 1.82) is 0 Å². The quantitative estimate of drug-likeness (QED) is 0.498. The van der Waals surface area contributed by atoms with Crippen LogP contribution in [0.25, 0.3) is 0 Å². The SMILES string of the molecule is O=S1(=O)C[C@H](F)[C@@H](F)C1. The van der Waals surface area contributed by atoms with Crippen LogP contribution in [0.1, 0.15) is 0 Å². The van der Waals surface area contributed by atoms with E-state index in [1.807, 2.05) is 0 Å². The zero-order chi connectivity index (χ0) is 7.07. The van der Waals surface area contributed by atoms with Crippen LogP contribution in [0, 0.1) is 0 Å². The molecular weight excluding hydrogens is 150 g/mol. The van der Waals surface area contributed by atoms with Crippen LogP contribution in [0.4, 0.5) is 8.78 Å². The maximum Gasteiger partial charge on any atom is 0.156 e. The van der Waals surface area contributed by atoms with E-state index in [0.29, 0.717) is 0 Å². The molecule has 1 aliphatic rings. The summed E-state index contributed by atoms with van der Waals surface area (Å²) >= 11 is 0. The Kier molecular flexibility index (Phi) is 1.46. The molecule has 9 heavy (non-hydrogen) atoms. The fraction of sp³-hybridized carbons (Fsp3) is 1.00. The molecule has 0 aromatic carbocycles. The summed E-state index contributed by atoms with van der Waals surface area (Å²) in [5.74, 6) is -1.29. The minimum atomic E-state index is -3.39. The molecule has 1 heterocycles. The van der Waals surface area contributed by atoms with Crippen molar-refractivity contribution in [2.24, 2.45) is 0 Å². The second-order valence-electron chi connectivity index (χ2n) is 2.11. The summed E-state index contributed by atoms with van der Waals surface area (Å²) < 4.78 is 44.9. The molecule has 5 heteroatoms. The monoisotopic (exact) mass is 156 g/mol. The van der Waals surface area contributed by atoms with Gasteiger partial charge in [0.25, 0.3) is 0 Å². The highest BCUT2D eigenvalue weighted by atomic mass is 32.2. The Hall–Kier alpha value is -0.190. The zero-order valence-corrected chi connectivity index (χ0v) is 5.37. The summed E-state index contributed by atoms with van der Waals surface area (Å²) in [6.07, 6.45) is -3.59. The predicted octanol–water partition coefficient (Wildman–Crippen LogP) is 0.0910. The van der Waals surface area contributed by atoms with Crippen LogP contribution in [-0.2, 0) is 9.84 Å². The third-order valence-electron chi connectivity index (χ3n) is 1.22. The van der Waals surface area contributed by atoms with Gasteiger partial charge in [0, 0.05) is 0 Å². The van der Waals surface area contributed by atoms with Crippen molar-refractivity contribution in [2.75, 3.05) is 11.5 Å². The van der Waals surface area contributed by atoms with Crippen molar-refractivity contribution in [3.8, 4) is 0 Å². The van der Waals surface area contributed by atoms with E-state index < -0.39 is 33.7 Å². The van der Waals surface area contributed by atoms with E-state index in [0.717, 1.165) is 0 Å². The Balaban J connectivity index is 2.77. The maximum absolute atomic E-state index is 12.1. The first-order valence-corrected chi connectivity index (χ1v) is 4.32. The molecule has 0 N–H and O–H groups in total. The molecule has 0 aromatic heterocycles. The van der Waals surface area contributed by atoms with Crippen molar-refractivity contribution >= 4 is 9.84 Å². The van der Waals surface area contributed by atoms with Crippen molar-refractivity contribution in [3.63, 3.8) is 0 Å². The molecule has 1 rings (SSSR count). The number of halogens is 2. The summed E-state index contributed by atoms with van der Waals surface area (Å²) in [5.41, 5.74) is 0. The molecule has 0 aliphatic carbocycles. The van der Waals surface area contributed by atoms with Crippen molar-refractivity contribution < 1.29 is 17.2 Å². The smallest absolute Gasteiger partial charge is 0.156 e. The average Bonchev–Trinajstić information content (AvgIpc) is 1.79. The Morgan fingerprint density at radius 3 is 1.56 bits per heavy atom. The van der Waals surface area contributed by atoms with Crippen LogP contribution in [-0.4, -0.2) is 32.3 Å². The molecule has 0 spiro atoms. The standard InChI is InChI=1S/C4H6F2O2S/c5-3-1-9(7,8)2-4(3)6/h3-4H,1-2H2/t3-,4-/m0/s1. The third-order valence-corrected chi connectivity index (χ3v) is 2.87. The Labute approximate surface area is 51.8 Å². The summed E-state index contributed by atoms with van der Waals surface area (Å²) in [6.45, 7) is 0. The fourth-order valence-electron chi connectivity index (χ4n) is 0.762. The van der Waals surface area contributed by atoms with Gasteiger partial charge in [0.05, 0.1) is 11.5 Å². The lowest BCUT2D eigenvalue weighted by Gasteiger charge is -1.94. The minimum Gasteiger partial charge on any atom is -0.243 e. The molecule has 2 nitrogen and oxygen atoms in total. The van der Waals surface area contributed by atoms with E-state index in [2.05, 4.69) is 0 Å². The molecule has 54 valence electrons. The van der Waals surface area contributed by atoms with Crippen LogP contribution in [0.15, 0.2) is 0 Å². The number of rotatable bonds is 0. The first kappa shape index (κ1) is 6.92. The van der Waals surface area contributed by atoms with Gasteiger partial charge in [-0.3, -0.25) is 0 Å². The average molecular weight is 156 g/mol. The normalized spacial score (nSPS) is 41.1. The number of sulfone groups is 1. The Morgan fingerprint density at radius 2 is 1.44 bits per heavy atom. The minimum absolute atomic E-state index is 0.645. The summed E-state index contributed by atoms with van der Waals surface area (Å²) in [5, 5.41) is 0. The fourth-order valence-corrected chi connectivity index (χ4v) is 2.29. The van der Waals surface area contributed by atoms with Gasteiger partial charge in [-0.1, -0.05) is 0 Å². The summed E-state index contributed by atoms with van der Waals surface area (Å²) in [6, 6.07) is 0. The van der Waals surface area contributed by atoms with Gasteiger partial charge >= 0.3 is 0 Å². The summed E-state index contributed by atoms with van der Waals surface area (Å²) in [7, 11) is -3.39. The van der Waals surface area contributed by atoms with Gasteiger partial charge in [0.1, 0.15) is 12.3 Å². The first-order valence-electron chi connectivity index (χ1n) is 2.50. The van der Waals surface area contributed by atoms with E-state index in [4.69, 9.17) is 0 Å². The van der Waals surface area contributed by atoms with Crippen LogP contribution in [0.5, 0.6) is 0 Å². The van der Waals surface area contributed by atoms with Crippen LogP contribution >= 0.6 is 0 Å². The lowest BCUT2D eigenvalue weighted by atomic mass is 10.3. The largest absolute Gasteiger partial charge is 0.243 e. The molecule has 0 radical (unpaired) electrons. The van der Waals surface area contributed by atoms with Crippen molar-refractivity contribution in [1.82, 2.24) is 0 Å². The van der Waals surface area contributed by atoms with Crippen LogP contribution in [0.2, 0.25) is 0 Å². The van der Waals surface area contributed by atoms with E-state index >= 15 is 0 Å². The van der Waals surface area contributed by atoms with Gasteiger partial charge < -0.3 is 0 Å². The molecule has 1 fully saturated rings. The van der Waals surface area contributed by atoms with E-state index in [1.165, 1.54) is 0 Å². The predicted molar refractivity (Wildman–Crippen MR) is 28.4 cm³/mol. The second kappa shape index (κ2) is 1.90. The van der Waals surface area contributed by atoms with Gasteiger partial charge in [-0.15, -0.1) is 0 Å². The van der Waals surface area contributed by atoms with Gasteiger partial charge in [-0.2, -0.15) is 0 Å². The Bertz CT molecular complexity index is 183.